The number of aromatic nitrogens is 3. The number of ether oxygens (including phenoxy) is 2. The lowest BCUT2D eigenvalue weighted by molar-refractivity contribution is 0.102. The fourth-order valence-electron chi connectivity index (χ4n) is 3.05. The highest BCUT2D eigenvalue weighted by Gasteiger charge is 2.17. The van der Waals surface area contributed by atoms with Gasteiger partial charge in [-0.15, -0.1) is 0 Å². The van der Waals surface area contributed by atoms with E-state index in [1.54, 1.807) is 55.6 Å². The van der Waals surface area contributed by atoms with Crippen molar-refractivity contribution >= 4 is 11.6 Å². The van der Waals surface area contributed by atoms with E-state index in [9.17, 15) is 4.79 Å². The second kappa shape index (κ2) is 8.48. The minimum Gasteiger partial charge on any atom is -0.497 e. The molecule has 0 spiro atoms. The van der Waals surface area contributed by atoms with Gasteiger partial charge in [0.05, 0.1) is 25.6 Å². The van der Waals surface area contributed by atoms with E-state index in [1.807, 2.05) is 42.5 Å². The molecular weight excluding hydrogens is 380 g/mol. The van der Waals surface area contributed by atoms with Crippen molar-refractivity contribution in [2.75, 3.05) is 19.5 Å². The SMILES string of the molecule is COc1cc(NC(=O)c2cc(-c3cccnc3)n(-c3ccccc3)n2)cc(OC)c1. The second-order valence-corrected chi connectivity index (χ2v) is 6.46. The van der Waals surface area contributed by atoms with Gasteiger partial charge < -0.3 is 14.8 Å². The summed E-state index contributed by atoms with van der Waals surface area (Å²) in [5.41, 5.74) is 3.30. The van der Waals surface area contributed by atoms with Crippen LogP contribution < -0.4 is 14.8 Å². The highest BCUT2D eigenvalue weighted by atomic mass is 16.5. The maximum Gasteiger partial charge on any atom is 0.276 e. The zero-order valence-corrected chi connectivity index (χ0v) is 16.6. The van der Waals surface area contributed by atoms with Crippen molar-refractivity contribution < 1.29 is 14.3 Å². The van der Waals surface area contributed by atoms with Gasteiger partial charge in [0.1, 0.15) is 11.5 Å². The van der Waals surface area contributed by atoms with E-state index in [0.29, 0.717) is 17.2 Å². The quantitative estimate of drug-likeness (QED) is 0.525. The molecule has 1 N–H and O–H groups in total. The van der Waals surface area contributed by atoms with Crippen molar-refractivity contribution in [2.24, 2.45) is 0 Å². The minimum absolute atomic E-state index is 0.277. The maximum atomic E-state index is 13.0. The van der Waals surface area contributed by atoms with E-state index < -0.39 is 0 Å². The van der Waals surface area contributed by atoms with Crippen LogP contribution in [0.5, 0.6) is 11.5 Å². The van der Waals surface area contributed by atoms with Crippen LogP contribution in [0, 0.1) is 0 Å². The standard InChI is InChI=1S/C23H20N4O3/c1-29-19-11-17(12-20(13-19)30-2)25-23(28)21-14-22(16-7-6-10-24-15-16)27(26-21)18-8-4-3-5-9-18/h3-15H,1-2H3,(H,25,28). The van der Waals surface area contributed by atoms with E-state index in [2.05, 4.69) is 15.4 Å². The zero-order chi connectivity index (χ0) is 20.9. The molecule has 0 atom stereocenters. The number of nitrogens with one attached hydrogen (secondary N) is 1. The number of hydrogen-bond donors (Lipinski definition) is 1. The third kappa shape index (κ3) is 4.00. The molecule has 0 bridgehead atoms. The molecule has 0 aliphatic heterocycles. The van der Waals surface area contributed by atoms with Crippen molar-refractivity contribution in [2.45, 2.75) is 0 Å². The first-order valence-corrected chi connectivity index (χ1v) is 9.28. The van der Waals surface area contributed by atoms with Gasteiger partial charge in [0, 0.05) is 41.8 Å². The monoisotopic (exact) mass is 400 g/mol. The maximum absolute atomic E-state index is 13.0. The zero-order valence-electron chi connectivity index (χ0n) is 16.6. The van der Waals surface area contributed by atoms with E-state index >= 15 is 0 Å². The highest BCUT2D eigenvalue weighted by molar-refractivity contribution is 6.03. The van der Waals surface area contributed by atoms with Crippen molar-refractivity contribution in [3.8, 4) is 28.4 Å². The van der Waals surface area contributed by atoms with Crippen molar-refractivity contribution in [1.29, 1.82) is 0 Å². The summed E-state index contributed by atoms with van der Waals surface area (Å²) < 4.78 is 12.3. The average Bonchev–Trinajstić information content (AvgIpc) is 3.26. The Kier molecular flexibility index (Phi) is 5.43. The van der Waals surface area contributed by atoms with Gasteiger partial charge in [-0.2, -0.15) is 5.10 Å². The van der Waals surface area contributed by atoms with Gasteiger partial charge in [0.15, 0.2) is 5.69 Å². The van der Waals surface area contributed by atoms with Gasteiger partial charge in [-0.1, -0.05) is 18.2 Å². The Morgan fingerprint density at radius 1 is 0.933 bits per heavy atom. The van der Waals surface area contributed by atoms with Gasteiger partial charge in [-0.25, -0.2) is 4.68 Å². The summed E-state index contributed by atoms with van der Waals surface area (Å²) >= 11 is 0. The molecule has 1 amide bonds. The van der Waals surface area contributed by atoms with Crippen molar-refractivity contribution in [3.05, 3.63) is 84.8 Å². The summed E-state index contributed by atoms with van der Waals surface area (Å²) in [4.78, 5) is 17.1. The Balaban J connectivity index is 1.71. The molecule has 2 aromatic heterocycles. The number of pyridine rings is 1. The third-order valence-electron chi connectivity index (χ3n) is 4.51. The Hall–Kier alpha value is -4.13. The lowest BCUT2D eigenvalue weighted by atomic mass is 10.2. The molecule has 4 aromatic rings. The molecule has 2 aromatic carbocycles. The number of carbonyl (C=O) groups excluding carboxylic acids is 1. The summed E-state index contributed by atoms with van der Waals surface area (Å²) in [7, 11) is 3.12. The Bertz CT molecular complexity index is 1080. The van der Waals surface area contributed by atoms with Gasteiger partial charge in [0.25, 0.3) is 5.91 Å². The van der Waals surface area contributed by atoms with Crippen LogP contribution in [-0.2, 0) is 0 Å². The van der Waals surface area contributed by atoms with E-state index in [4.69, 9.17) is 9.47 Å². The molecule has 0 radical (unpaired) electrons. The van der Waals surface area contributed by atoms with Gasteiger partial charge in [-0.3, -0.25) is 9.78 Å². The van der Waals surface area contributed by atoms with Crippen LogP contribution in [0.2, 0.25) is 0 Å². The predicted molar refractivity (Wildman–Crippen MR) is 114 cm³/mol. The van der Waals surface area contributed by atoms with Crippen LogP contribution in [0.25, 0.3) is 16.9 Å². The van der Waals surface area contributed by atoms with Crippen molar-refractivity contribution in [3.63, 3.8) is 0 Å². The van der Waals surface area contributed by atoms with E-state index in [1.165, 1.54) is 0 Å². The van der Waals surface area contributed by atoms with Crippen LogP contribution in [0.15, 0.2) is 79.1 Å². The number of benzene rings is 2. The Labute approximate surface area is 173 Å². The van der Waals surface area contributed by atoms with Crippen LogP contribution in [0.1, 0.15) is 10.5 Å². The molecule has 150 valence electrons. The summed E-state index contributed by atoms with van der Waals surface area (Å²) in [6.45, 7) is 0. The van der Waals surface area contributed by atoms with Crippen LogP contribution in [0.3, 0.4) is 0 Å². The molecule has 4 rings (SSSR count). The third-order valence-corrected chi connectivity index (χ3v) is 4.51. The van der Waals surface area contributed by atoms with E-state index in [0.717, 1.165) is 16.9 Å². The fourth-order valence-corrected chi connectivity index (χ4v) is 3.05. The molecule has 7 heteroatoms. The smallest absolute Gasteiger partial charge is 0.276 e. The number of methoxy groups -OCH3 is 2. The predicted octanol–water partition coefficient (Wildman–Crippen LogP) is 4.20. The average molecular weight is 400 g/mol. The number of hydrogen-bond acceptors (Lipinski definition) is 5. The topological polar surface area (TPSA) is 78.3 Å². The highest BCUT2D eigenvalue weighted by Crippen LogP contribution is 2.27. The largest absolute Gasteiger partial charge is 0.497 e. The van der Waals surface area contributed by atoms with E-state index in [-0.39, 0.29) is 11.6 Å². The summed E-state index contributed by atoms with van der Waals surface area (Å²) in [6.07, 6.45) is 3.45. The summed E-state index contributed by atoms with van der Waals surface area (Å²) in [5, 5.41) is 7.41. The van der Waals surface area contributed by atoms with Crippen LogP contribution in [0.4, 0.5) is 5.69 Å². The molecular formula is C23H20N4O3. The minimum atomic E-state index is -0.342. The molecule has 0 aliphatic carbocycles. The molecule has 7 nitrogen and oxygen atoms in total. The first-order chi connectivity index (χ1) is 14.7. The summed E-state index contributed by atoms with van der Waals surface area (Å²) in [5.74, 6) is 0.816. The van der Waals surface area contributed by atoms with Gasteiger partial charge in [-0.05, 0) is 30.3 Å². The molecule has 2 heterocycles. The Morgan fingerprint density at radius 3 is 2.30 bits per heavy atom. The second-order valence-electron chi connectivity index (χ2n) is 6.46. The number of rotatable bonds is 6. The normalized spacial score (nSPS) is 10.5. The van der Waals surface area contributed by atoms with Crippen LogP contribution in [-0.4, -0.2) is 34.9 Å². The molecule has 0 aliphatic rings. The lowest BCUT2D eigenvalue weighted by Gasteiger charge is -2.09. The van der Waals surface area contributed by atoms with Gasteiger partial charge in [0.2, 0.25) is 0 Å². The number of amides is 1. The molecule has 0 saturated carbocycles. The number of anilines is 1. The summed E-state index contributed by atoms with van der Waals surface area (Å²) in [6, 6.07) is 20.3. The lowest BCUT2D eigenvalue weighted by Crippen LogP contribution is -2.13. The number of nitrogens with zero attached hydrogens (tertiary/aromatic N) is 3. The molecule has 0 fully saturated rings. The molecule has 0 unspecified atom stereocenters. The van der Waals surface area contributed by atoms with Gasteiger partial charge >= 0.3 is 0 Å². The molecule has 30 heavy (non-hydrogen) atoms. The fraction of sp³-hybridized carbons (Fsp3) is 0.0870. The first-order valence-electron chi connectivity index (χ1n) is 9.28. The number of carbonyl (C=O) groups is 1. The molecule has 0 saturated heterocycles. The van der Waals surface area contributed by atoms with Crippen LogP contribution >= 0.6 is 0 Å². The Morgan fingerprint density at radius 2 is 1.67 bits per heavy atom. The first kappa shape index (κ1) is 19.2. The number of para-hydroxylation sites is 1. The van der Waals surface area contributed by atoms with Crippen molar-refractivity contribution in [1.82, 2.24) is 14.8 Å².